The van der Waals surface area contributed by atoms with Crippen LogP contribution in [0.4, 0.5) is 0 Å². The van der Waals surface area contributed by atoms with Gasteiger partial charge in [0, 0.05) is 6.04 Å². The quantitative estimate of drug-likeness (QED) is 0.613. The Hall–Kier alpha value is -0.300. The van der Waals surface area contributed by atoms with Crippen LogP contribution in [0.5, 0.6) is 0 Å². The highest BCUT2D eigenvalue weighted by Gasteiger charge is 2.15. The van der Waals surface area contributed by atoms with E-state index in [2.05, 4.69) is 46.1 Å². The van der Waals surface area contributed by atoms with Gasteiger partial charge < -0.3 is 5.32 Å². The Morgan fingerprint density at radius 2 is 1.64 bits per heavy atom. The molecule has 0 aliphatic carbocycles. The van der Waals surface area contributed by atoms with Crippen molar-refractivity contribution in [3.05, 3.63) is 11.6 Å². The number of hydrogen-bond acceptors (Lipinski definition) is 1. The lowest BCUT2D eigenvalue weighted by Gasteiger charge is -2.24. The predicted molar refractivity (Wildman–Crippen MR) is 65.6 cm³/mol. The predicted octanol–water partition coefficient (Wildman–Crippen LogP) is 3.76. The lowest BCUT2D eigenvalue weighted by molar-refractivity contribution is 0.367. The minimum absolute atomic E-state index is 0.569. The van der Waals surface area contributed by atoms with Gasteiger partial charge in [0.2, 0.25) is 0 Å². The summed E-state index contributed by atoms with van der Waals surface area (Å²) in [4.78, 5) is 0. The summed E-state index contributed by atoms with van der Waals surface area (Å²) in [6.07, 6.45) is 7.63. The molecule has 84 valence electrons. The van der Waals surface area contributed by atoms with Crippen molar-refractivity contribution in [1.82, 2.24) is 5.32 Å². The van der Waals surface area contributed by atoms with Crippen LogP contribution in [0.15, 0.2) is 11.6 Å². The summed E-state index contributed by atoms with van der Waals surface area (Å²) in [6.45, 7) is 8.91. The zero-order chi connectivity index (χ0) is 11.0. The molecule has 0 aliphatic rings. The third-order valence-corrected chi connectivity index (χ3v) is 2.67. The van der Waals surface area contributed by atoms with Crippen molar-refractivity contribution in [2.45, 2.75) is 59.4 Å². The van der Waals surface area contributed by atoms with Crippen LogP contribution in [0, 0.1) is 5.92 Å². The van der Waals surface area contributed by atoms with E-state index in [9.17, 15) is 0 Å². The van der Waals surface area contributed by atoms with E-state index in [1.165, 1.54) is 31.3 Å². The molecule has 0 fully saturated rings. The SMILES string of the molecule is CCCC(CCC)C(C=C(C)C)NC. The fraction of sp³-hybridized carbons (Fsp3) is 0.846. The second kappa shape index (κ2) is 8.05. The van der Waals surface area contributed by atoms with Crippen molar-refractivity contribution in [3.63, 3.8) is 0 Å². The van der Waals surface area contributed by atoms with E-state index in [-0.39, 0.29) is 0 Å². The Labute approximate surface area is 90.0 Å². The number of rotatable bonds is 7. The second-order valence-electron chi connectivity index (χ2n) is 4.40. The minimum atomic E-state index is 0.569. The maximum atomic E-state index is 3.43. The number of likely N-dealkylation sites (N-methyl/N-ethyl adjacent to an activating group) is 1. The Balaban J connectivity index is 4.32. The standard InChI is InChI=1S/C13H27N/c1-6-8-12(9-7-2)13(14-5)10-11(3)4/h10,12-14H,6-9H2,1-5H3. The van der Waals surface area contributed by atoms with E-state index in [4.69, 9.17) is 0 Å². The normalized spacial score (nSPS) is 13.0. The number of hydrogen-bond donors (Lipinski definition) is 1. The molecule has 1 heteroatoms. The first-order valence-corrected chi connectivity index (χ1v) is 5.97. The summed E-state index contributed by atoms with van der Waals surface area (Å²) in [7, 11) is 2.07. The van der Waals surface area contributed by atoms with Crippen LogP contribution in [0.25, 0.3) is 0 Å². The fourth-order valence-corrected chi connectivity index (χ4v) is 2.06. The first kappa shape index (κ1) is 13.7. The number of nitrogens with one attached hydrogen (secondary N) is 1. The van der Waals surface area contributed by atoms with E-state index in [1.807, 2.05) is 0 Å². The van der Waals surface area contributed by atoms with Gasteiger partial charge in [-0.25, -0.2) is 0 Å². The van der Waals surface area contributed by atoms with Crippen molar-refractivity contribution in [2.24, 2.45) is 5.92 Å². The van der Waals surface area contributed by atoms with Gasteiger partial charge in [0.05, 0.1) is 0 Å². The van der Waals surface area contributed by atoms with Gasteiger partial charge in [-0.05, 0) is 39.7 Å². The minimum Gasteiger partial charge on any atom is -0.313 e. The Kier molecular flexibility index (Phi) is 7.87. The first-order chi connectivity index (χ1) is 6.65. The van der Waals surface area contributed by atoms with E-state index >= 15 is 0 Å². The van der Waals surface area contributed by atoms with Crippen LogP contribution in [0.1, 0.15) is 53.4 Å². The maximum absolute atomic E-state index is 3.43. The molecule has 0 saturated heterocycles. The van der Waals surface area contributed by atoms with Gasteiger partial charge in [0.15, 0.2) is 0 Å². The van der Waals surface area contributed by atoms with Gasteiger partial charge >= 0.3 is 0 Å². The van der Waals surface area contributed by atoms with Crippen LogP contribution in [-0.2, 0) is 0 Å². The Morgan fingerprint density at radius 1 is 1.14 bits per heavy atom. The van der Waals surface area contributed by atoms with Crippen molar-refractivity contribution < 1.29 is 0 Å². The molecule has 0 bridgehead atoms. The molecule has 1 atom stereocenters. The summed E-state index contributed by atoms with van der Waals surface area (Å²) in [6, 6.07) is 0.569. The van der Waals surface area contributed by atoms with Crippen molar-refractivity contribution >= 4 is 0 Å². The van der Waals surface area contributed by atoms with Crippen LogP contribution < -0.4 is 5.32 Å². The van der Waals surface area contributed by atoms with Gasteiger partial charge in [0.25, 0.3) is 0 Å². The molecule has 0 rings (SSSR count). The summed E-state index contributed by atoms with van der Waals surface area (Å²) in [5.74, 6) is 0.810. The Morgan fingerprint density at radius 3 is 1.93 bits per heavy atom. The maximum Gasteiger partial charge on any atom is 0.0277 e. The van der Waals surface area contributed by atoms with Gasteiger partial charge in [-0.3, -0.25) is 0 Å². The smallest absolute Gasteiger partial charge is 0.0277 e. The average molecular weight is 197 g/mol. The molecule has 0 spiro atoms. The second-order valence-corrected chi connectivity index (χ2v) is 4.40. The lowest BCUT2D eigenvalue weighted by atomic mass is 9.89. The molecule has 14 heavy (non-hydrogen) atoms. The molecule has 0 radical (unpaired) electrons. The van der Waals surface area contributed by atoms with E-state index in [0.717, 1.165) is 5.92 Å². The van der Waals surface area contributed by atoms with Gasteiger partial charge in [-0.1, -0.05) is 38.3 Å². The molecule has 0 saturated carbocycles. The van der Waals surface area contributed by atoms with Crippen LogP contribution in [0.3, 0.4) is 0 Å². The molecule has 0 aliphatic heterocycles. The molecule has 0 amide bonds. The summed E-state index contributed by atoms with van der Waals surface area (Å²) in [5.41, 5.74) is 1.42. The first-order valence-electron chi connectivity index (χ1n) is 5.97. The van der Waals surface area contributed by atoms with Crippen LogP contribution in [-0.4, -0.2) is 13.1 Å². The van der Waals surface area contributed by atoms with E-state index in [1.54, 1.807) is 0 Å². The van der Waals surface area contributed by atoms with Gasteiger partial charge in [-0.2, -0.15) is 0 Å². The molecule has 0 aromatic carbocycles. The highest BCUT2D eigenvalue weighted by Crippen LogP contribution is 2.19. The molecular weight excluding hydrogens is 170 g/mol. The molecule has 1 unspecified atom stereocenters. The summed E-state index contributed by atoms with van der Waals surface area (Å²) in [5, 5.41) is 3.43. The van der Waals surface area contributed by atoms with E-state index in [0.29, 0.717) is 6.04 Å². The van der Waals surface area contributed by atoms with E-state index < -0.39 is 0 Å². The Bertz CT molecular complexity index is 151. The molecule has 1 N–H and O–H groups in total. The summed E-state index contributed by atoms with van der Waals surface area (Å²) >= 11 is 0. The zero-order valence-corrected chi connectivity index (χ0v) is 10.6. The molecule has 0 aromatic rings. The van der Waals surface area contributed by atoms with Crippen molar-refractivity contribution in [3.8, 4) is 0 Å². The zero-order valence-electron chi connectivity index (χ0n) is 10.6. The molecule has 0 heterocycles. The lowest BCUT2D eigenvalue weighted by Crippen LogP contribution is -2.32. The topological polar surface area (TPSA) is 12.0 Å². The highest BCUT2D eigenvalue weighted by molar-refractivity contribution is 5.02. The van der Waals surface area contributed by atoms with Crippen LogP contribution in [0.2, 0.25) is 0 Å². The van der Waals surface area contributed by atoms with Crippen molar-refractivity contribution in [2.75, 3.05) is 7.05 Å². The molecule has 0 aromatic heterocycles. The fourth-order valence-electron chi connectivity index (χ4n) is 2.06. The van der Waals surface area contributed by atoms with Crippen LogP contribution >= 0.6 is 0 Å². The third kappa shape index (κ3) is 5.43. The van der Waals surface area contributed by atoms with Gasteiger partial charge in [-0.15, -0.1) is 0 Å². The number of allylic oxidation sites excluding steroid dienone is 1. The largest absolute Gasteiger partial charge is 0.313 e. The average Bonchev–Trinajstić information content (AvgIpc) is 2.13. The molecular formula is C13H27N. The molecule has 1 nitrogen and oxygen atoms in total. The third-order valence-electron chi connectivity index (χ3n) is 2.67. The van der Waals surface area contributed by atoms with Gasteiger partial charge in [0.1, 0.15) is 0 Å². The highest BCUT2D eigenvalue weighted by atomic mass is 14.9. The monoisotopic (exact) mass is 197 g/mol. The summed E-state index contributed by atoms with van der Waals surface area (Å²) < 4.78 is 0. The van der Waals surface area contributed by atoms with Crippen molar-refractivity contribution in [1.29, 1.82) is 0 Å².